The van der Waals surface area contributed by atoms with E-state index in [1.165, 1.54) is 17.8 Å². The maximum Gasteiger partial charge on any atom is 0.287 e. The Morgan fingerprint density at radius 3 is 2.78 bits per heavy atom. The highest BCUT2D eigenvalue weighted by Crippen LogP contribution is 2.18. The molecule has 0 aliphatic rings. The zero-order valence-electron chi connectivity index (χ0n) is 9.96. The quantitative estimate of drug-likeness (QED) is 0.660. The number of nitrogens with one attached hydrogen (secondary N) is 1. The zero-order valence-corrected chi connectivity index (χ0v) is 9.96. The van der Waals surface area contributed by atoms with Crippen LogP contribution in [0.4, 0.5) is 17.2 Å². The van der Waals surface area contributed by atoms with E-state index in [-0.39, 0.29) is 5.69 Å². The number of aromatic nitrogens is 1. The number of rotatable bonds is 4. The van der Waals surface area contributed by atoms with Crippen molar-refractivity contribution in [2.45, 2.75) is 13.3 Å². The van der Waals surface area contributed by atoms with Gasteiger partial charge in [-0.05, 0) is 30.2 Å². The van der Waals surface area contributed by atoms with Crippen LogP contribution in [0.1, 0.15) is 12.5 Å². The summed E-state index contributed by atoms with van der Waals surface area (Å²) in [6.07, 6.45) is 2.20. The largest absolute Gasteiger partial charge is 0.340 e. The van der Waals surface area contributed by atoms with E-state index in [0.29, 0.717) is 5.82 Å². The van der Waals surface area contributed by atoms with E-state index in [9.17, 15) is 10.1 Å². The lowest BCUT2D eigenvalue weighted by molar-refractivity contribution is -0.385. The van der Waals surface area contributed by atoms with Gasteiger partial charge in [-0.1, -0.05) is 19.1 Å². The van der Waals surface area contributed by atoms with Crippen molar-refractivity contribution in [1.82, 2.24) is 4.98 Å². The maximum absolute atomic E-state index is 10.5. The van der Waals surface area contributed by atoms with Crippen LogP contribution < -0.4 is 5.32 Å². The van der Waals surface area contributed by atoms with Crippen LogP contribution in [0, 0.1) is 10.1 Å². The molecule has 5 nitrogen and oxygen atoms in total. The molecule has 0 bridgehead atoms. The summed E-state index contributed by atoms with van der Waals surface area (Å²) < 4.78 is 0. The Morgan fingerprint density at radius 2 is 2.17 bits per heavy atom. The highest BCUT2D eigenvalue weighted by atomic mass is 16.6. The Kier molecular flexibility index (Phi) is 3.52. The predicted molar refractivity (Wildman–Crippen MR) is 70.0 cm³/mol. The molecule has 0 saturated heterocycles. The van der Waals surface area contributed by atoms with Crippen LogP contribution in [0.15, 0.2) is 42.6 Å². The summed E-state index contributed by atoms with van der Waals surface area (Å²) >= 11 is 0. The molecule has 1 heterocycles. The van der Waals surface area contributed by atoms with E-state index in [1.54, 1.807) is 6.07 Å². The lowest BCUT2D eigenvalue weighted by Crippen LogP contribution is -1.95. The van der Waals surface area contributed by atoms with Gasteiger partial charge in [0.1, 0.15) is 12.0 Å². The molecule has 18 heavy (non-hydrogen) atoms. The summed E-state index contributed by atoms with van der Waals surface area (Å²) in [7, 11) is 0. The fraction of sp³-hybridized carbons (Fsp3) is 0.154. The maximum atomic E-state index is 10.5. The zero-order chi connectivity index (χ0) is 13.0. The molecule has 5 heteroatoms. The summed E-state index contributed by atoms with van der Waals surface area (Å²) in [5.41, 5.74) is 2.14. The van der Waals surface area contributed by atoms with Crippen LogP contribution in [-0.4, -0.2) is 9.91 Å². The van der Waals surface area contributed by atoms with E-state index in [4.69, 9.17) is 0 Å². The molecule has 0 fully saturated rings. The minimum Gasteiger partial charge on any atom is -0.340 e. The van der Waals surface area contributed by atoms with Gasteiger partial charge in [0.2, 0.25) is 0 Å². The van der Waals surface area contributed by atoms with Crippen LogP contribution in [0.3, 0.4) is 0 Å². The minimum atomic E-state index is -0.464. The molecule has 0 unspecified atom stereocenters. The molecule has 1 aromatic heterocycles. The monoisotopic (exact) mass is 243 g/mol. The summed E-state index contributed by atoms with van der Waals surface area (Å²) in [6.45, 7) is 2.09. The molecule has 0 radical (unpaired) electrons. The van der Waals surface area contributed by atoms with E-state index in [0.717, 1.165) is 12.1 Å². The lowest BCUT2D eigenvalue weighted by atomic mass is 10.1. The topological polar surface area (TPSA) is 68.1 Å². The van der Waals surface area contributed by atoms with Gasteiger partial charge in [-0.15, -0.1) is 0 Å². The minimum absolute atomic E-state index is 0.0112. The average molecular weight is 243 g/mol. The normalized spacial score (nSPS) is 10.1. The third kappa shape index (κ3) is 2.82. The summed E-state index contributed by atoms with van der Waals surface area (Å²) in [5, 5.41) is 13.6. The van der Waals surface area contributed by atoms with E-state index in [1.807, 2.05) is 18.2 Å². The van der Waals surface area contributed by atoms with Gasteiger partial charge in [0.25, 0.3) is 5.69 Å². The van der Waals surface area contributed by atoms with Gasteiger partial charge >= 0.3 is 0 Å². The van der Waals surface area contributed by atoms with Crippen LogP contribution >= 0.6 is 0 Å². The Bertz CT molecular complexity index is 552. The van der Waals surface area contributed by atoms with E-state index in [2.05, 4.69) is 23.3 Å². The number of benzene rings is 1. The molecule has 0 aliphatic carbocycles. The van der Waals surface area contributed by atoms with Crippen molar-refractivity contribution in [3.63, 3.8) is 0 Å². The molecule has 2 aromatic rings. The van der Waals surface area contributed by atoms with Crippen molar-refractivity contribution < 1.29 is 4.92 Å². The highest BCUT2D eigenvalue weighted by molar-refractivity contribution is 5.57. The molecular formula is C13H13N3O2. The molecule has 0 saturated carbocycles. The summed E-state index contributed by atoms with van der Waals surface area (Å²) in [5.74, 6) is 0.592. The number of nitro groups is 1. The SMILES string of the molecule is CCc1cccc(Nc2ccc([N+](=O)[O-])cn2)c1. The average Bonchev–Trinajstić information content (AvgIpc) is 2.39. The Labute approximate surface area is 105 Å². The molecule has 2 rings (SSSR count). The van der Waals surface area contributed by atoms with Crippen molar-refractivity contribution in [2.24, 2.45) is 0 Å². The van der Waals surface area contributed by atoms with Crippen molar-refractivity contribution in [3.8, 4) is 0 Å². The van der Waals surface area contributed by atoms with Crippen LogP contribution in [0.2, 0.25) is 0 Å². The van der Waals surface area contributed by atoms with Gasteiger partial charge in [-0.2, -0.15) is 0 Å². The van der Waals surface area contributed by atoms with Crippen LogP contribution in [0.5, 0.6) is 0 Å². The third-order valence-electron chi connectivity index (χ3n) is 2.57. The third-order valence-corrected chi connectivity index (χ3v) is 2.57. The van der Waals surface area contributed by atoms with Gasteiger partial charge in [-0.3, -0.25) is 10.1 Å². The standard InChI is InChI=1S/C13H13N3O2/c1-2-10-4-3-5-11(8-10)15-13-7-6-12(9-14-13)16(17)18/h3-9H,2H2,1H3,(H,14,15). The first-order valence-corrected chi connectivity index (χ1v) is 5.65. The van der Waals surface area contributed by atoms with Gasteiger partial charge in [0.15, 0.2) is 0 Å². The predicted octanol–water partition coefficient (Wildman–Crippen LogP) is 3.30. The number of hydrogen-bond donors (Lipinski definition) is 1. The second kappa shape index (κ2) is 5.27. The first kappa shape index (κ1) is 12.0. The van der Waals surface area contributed by atoms with Gasteiger partial charge < -0.3 is 5.32 Å². The number of aryl methyl sites for hydroxylation is 1. The first-order valence-electron chi connectivity index (χ1n) is 5.65. The van der Waals surface area contributed by atoms with Crippen molar-refractivity contribution in [2.75, 3.05) is 5.32 Å². The summed E-state index contributed by atoms with van der Waals surface area (Å²) in [6, 6.07) is 11.0. The molecule has 0 aliphatic heterocycles. The fourth-order valence-electron chi connectivity index (χ4n) is 1.58. The number of nitrogens with zero attached hydrogens (tertiary/aromatic N) is 2. The Hall–Kier alpha value is -2.43. The molecule has 1 aromatic carbocycles. The Balaban J connectivity index is 2.15. The second-order valence-corrected chi connectivity index (χ2v) is 3.84. The number of pyridine rings is 1. The molecule has 1 N–H and O–H groups in total. The van der Waals surface area contributed by atoms with Crippen molar-refractivity contribution >= 4 is 17.2 Å². The number of anilines is 2. The highest BCUT2D eigenvalue weighted by Gasteiger charge is 2.05. The smallest absolute Gasteiger partial charge is 0.287 e. The summed E-state index contributed by atoms with van der Waals surface area (Å²) in [4.78, 5) is 14.0. The lowest BCUT2D eigenvalue weighted by Gasteiger charge is -2.06. The molecular weight excluding hydrogens is 230 g/mol. The van der Waals surface area contributed by atoms with Gasteiger partial charge in [-0.25, -0.2) is 4.98 Å². The molecule has 0 amide bonds. The van der Waals surface area contributed by atoms with Crippen molar-refractivity contribution in [1.29, 1.82) is 0 Å². The molecule has 92 valence electrons. The van der Waals surface area contributed by atoms with Gasteiger partial charge in [0.05, 0.1) is 4.92 Å². The molecule has 0 spiro atoms. The van der Waals surface area contributed by atoms with Gasteiger partial charge in [0, 0.05) is 11.8 Å². The second-order valence-electron chi connectivity index (χ2n) is 3.84. The first-order chi connectivity index (χ1) is 8.69. The number of hydrogen-bond acceptors (Lipinski definition) is 4. The van der Waals surface area contributed by atoms with E-state index < -0.39 is 4.92 Å². The van der Waals surface area contributed by atoms with Crippen LogP contribution in [0.25, 0.3) is 0 Å². The van der Waals surface area contributed by atoms with Crippen LogP contribution in [-0.2, 0) is 6.42 Å². The van der Waals surface area contributed by atoms with E-state index >= 15 is 0 Å². The van der Waals surface area contributed by atoms with Crippen molar-refractivity contribution in [3.05, 3.63) is 58.3 Å². The molecule has 0 atom stereocenters. The Morgan fingerprint density at radius 1 is 1.33 bits per heavy atom. The fourth-order valence-corrected chi connectivity index (χ4v) is 1.58.